The molecule has 1 aromatic carbocycles. The van der Waals surface area contributed by atoms with Crippen LogP contribution in [-0.4, -0.2) is 61.3 Å². The van der Waals surface area contributed by atoms with Gasteiger partial charge in [0, 0.05) is 6.54 Å². The lowest BCUT2D eigenvalue weighted by Crippen LogP contribution is -2.52. The van der Waals surface area contributed by atoms with Crippen molar-refractivity contribution < 1.29 is 34.4 Å². The summed E-state index contributed by atoms with van der Waals surface area (Å²) in [5.74, 6) is -1.23. The number of aliphatic carboxylic acids is 1. The highest BCUT2D eigenvalue weighted by atomic mass is 32.1. The second kappa shape index (κ2) is 14.3. The van der Waals surface area contributed by atoms with Crippen LogP contribution in [0, 0.1) is 6.92 Å². The number of aliphatic hydroxyl groups is 2. The molecule has 4 rings (SSSR count). The maximum atomic E-state index is 13.6. The SMILES string of the molecule is CCOC(=O)c1sc2c(c1C)c(=O)n(C(C)(C)C(=O)O)c(=O)n2CCc1ccccc1OC(C)C.OC1CCC(O)CC1. The summed E-state index contributed by atoms with van der Waals surface area (Å²) in [6.07, 6.45) is 3.17. The highest BCUT2D eigenvalue weighted by molar-refractivity contribution is 7.20. The number of carbonyl (C=O) groups excluding carboxylic acids is 1. The summed E-state index contributed by atoms with van der Waals surface area (Å²) in [4.78, 5) is 52.1. The van der Waals surface area contributed by atoms with Gasteiger partial charge in [-0.1, -0.05) is 18.2 Å². The molecule has 1 saturated carbocycles. The van der Waals surface area contributed by atoms with Crippen LogP contribution < -0.4 is 16.0 Å². The number of carbonyl (C=O) groups is 2. The molecule has 0 unspecified atom stereocenters. The Morgan fingerprint density at radius 3 is 2.19 bits per heavy atom. The normalized spacial score (nSPS) is 17.0. The highest BCUT2D eigenvalue weighted by Gasteiger charge is 2.35. The number of thiophene rings is 1. The number of benzene rings is 1. The molecule has 0 amide bonds. The number of aromatic nitrogens is 2. The van der Waals surface area contributed by atoms with Gasteiger partial charge in [-0.15, -0.1) is 11.3 Å². The number of esters is 1. The predicted octanol–water partition coefficient (Wildman–Crippen LogP) is 3.84. The minimum atomic E-state index is -1.80. The number of carboxylic acids is 1. The third-order valence-corrected chi connectivity index (χ3v) is 8.66. The molecule has 236 valence electrons. The van der Waals surface area contributed by atoms with Crippen molar-refractivity contribution in [2.45, 2.75) is 104 Å². The third kappa shape index (κ3) is 7.73. The first kappa shape index (κ1) is 34.0. The van der Waals surface area contributed by atoms with Crippen molar-refractivity contribution in [1.29, 1.82) is 0 Å². The zero-order chi connectivity index (χ0) is 32.1. The number of carboxylic acid groups (broad SMARTS) is 1. The lowest BCUT2D eigenvalue weighted by molar-refractivity contribution is -0.146. The van der Waals surface area contributed by atoms with Gasteiger partial charge in [0.25, 0.3) is 5.56 Å². The Bertz CT molecular complexity index is 1550. The van der Waals surface area contributed by atoms with E-state index in [4.69, 9.17) is 19.7 Å². The summed E-state index contributed by atoms with van der Waals surface area (Å²) >= 11 is 1.00. The van der Waals surface area contributed by atoms with Gasteiger partial charge in [-0.25, -0.2) is 19.0 Å². The van der Waals surface area contributed by atoms with Crippen LogP contribution in [-0.2, 0) is 28.0 Å². The fraction of sp³-hybridized carbons (Fsp3) is 0.548. The number of ether oxygens (including phenoxy) is 2. The van der Waals surface area contributed by atoms with Gasteiger partial charge >= 0.3 is 17.6 Å². The van der Waals surface area contributed by atoms with Gasteiger partial charge in [0.15, 0.2) is 0 Å². The van der Waals surface area contributed by atoms with Gasteiger partial charge in [0.2, 0.25) is 0 Å². The highest BCUT2D eigenvalue weighted by Crippen LogP contribution is 2.30. The molecule has 3 N–H and O–H groups in total. The second-order valence-electron chi connectivity index (χ2n) is 11.4. The molecule has 0 aliphatic heterocycles. The van der Waals surface area contributed by atoms with Crippen LogP contribution in [0.4, 0.5) is 0 Å². The summed E-state index contributed by atoms with van der Waals surface area (Å²) in [5, 5.41) is 27.7. The Labute approximate surface area is 254 Å². The van der Waals surface area contributed by atoms with E-state index in [-0.39, 0.29) is 41.7 Å². The average molecular weight is 619 g/mol. The molecule has 0 saturated heterocycles. The van der Waals surface area contributed by atoms with E-state index in [1.165, 1.54) is 18.4 Å². The van der Waals surface area contributed by atoms with Gasteiger partial charge in [0.05, 0.1) is 30.3 Å². The van der Waals surface area contributed by atoms with Gasteiger partial charge in [0.1, 0.15) is 21.0 Å². The summed E-state index contributed by atoms with van der Waals surface area (Å²) in [7, 11) is 0. The van der Waals surface area contributed by atoms with Gasteiger partial charge < -0.3 is 24.8 Å². The number of aliphatic hydroxyl groups excluding tert-OH is 2. The summed E-state index contributed by atoms with van der Waals surface area (Å²) in [6, 6.07) is 7.45. The van der Waals surface area contributed by atoms with Crippen molar-refractivity contribution in [3.8, 4) is 5.75 Å². The van der Waals surface area contributed by atoms with Crippen LogP contribution >= 0.6 is 11.3 Å². The molecule has 0 bridgehead atoms. The zero-order valence-electron chi connectivity index (χ0n) is 25.6. The minimum Gasteiger partial charge on any atom is -0.491 e. The molecule has 2 heterocycles. The standard InChI is InChI=1S/C25H30N2O7S.C6H12O2/c1-7-33-22(29)19-15(4)18-20(28)27(25(5,6)23(30)31)24(32)26(21(18)35-19)13-12-16-10-8-9-11-17(16)34-14(2)3;7-5-1-2-6(8)4-3-5/h8-11,14H,7,12-13H2,1-6H3,(H,30,31);5-8H,1-4H2. The lowest BCUT2D eigenvalue weighted by Gasteiger charge is -2.23. The number of hydrogen-bond acceptors (Lipinski definition) is 9. The van der Waals surface area contributed by atoms with Crippen molar-refractivity contribution >= 4 is 33.5 Å². The number of para-hydroxylation sites is 1. The molecule has 1 aliphatic rings. The first-order valence-electron chi connectivity index (χ1n) is 14.5. The van der Waals surface area contributed by atoms with E-state index < -0.39 is 28.7 Å². The number of rotatable bonds is 9. The van der Waals surface area contributed by atoms with E-state index in [2.05, 4.69) is 0 Å². The Morgan fingerprint density at radius 1 is 1.07 bits per heavy atom. The topological polar surface area (TPSA) is 157 Å². The van der Waals surface area contributed by atoms with Crippen LogP contribution in [0.15, 0.2) is 33.9 Å². The van der Waals surface area contributed by atoms with Crippen molar-refractivity contribution in [3.05, 3.63) is 61.1 Å². The Morgan fingerprint density at radius 2 is 1.65 bits per heavy atom. The predicted molar refractivity (Wildman–Crippen MR) is 164 cm³/mol. The quantitative estimate of drug-likeness (QED) is 0.303. The first-order valence-corrected chi connectivity index (χ1v) is 15.3. The number of nitrogens with zero attached hydrogens (tertiary/aromatic N) is 2. The van der Waals surface area contributed by atoms with E-state index >= 15 is 0 Å². The number of fused-ring (bicyclic) bond motifs is 1. The molecule has 1 aliphatic carbocycles. The molecule has 11 nitrogen and oxygen atoms in total. The Kier molecular flexibility index (Phi) is 11.3. The molecule has 12 heteroatoms. The zero-order valence-corrected chi connectivity index (χ0v) is 26.4. The van der Waals surface area contributed by atoms with Crippen LogP contribution in [0.2, 0.25) is 0 Å². The van der Waals surface area contributed by atoms with Gasteiger partial charge in [-0.2, -0.15) is 0 Å². The summed E-state index contributed by atoms with van der Waals surface area (Å²) in [6.45, 7) is 10.0. The van der Waals surface area contributed by atoms with Crippen molar-refractivity contribution in [1.82, 2.24) is 9.13 Å². The van der Waals surface area contributed by atoms with E-state index in [1.807, 2.05) is 38.1 Å². The third-order valence-electron chi connectivity index (χ3n) is 7.36. The van der Waals surface area contributed by atoms with Crippen LogP contribution in [0.3, 0.4) is 0 Å². The molecule has 2 aromatic heterocycles. The van der Waals surface area contributed by atoms with E-state index in [9.17, 15) is 24.3 Å². The first-order chi connectivity index (χ1) is 20.2. The smallest absolute Gasteiger partial charge is 0.348 e. The largest absolute Gasteiger partial charge is 0.491 e. The van der Waals surface area contributed by atoms with Crippen LogP contribution in [0.1, 0.15) is 81.1 Å². The summed E-state index contributed by atoms with van der Waals surface area (Å²) in [5.41, 5.74) is -2.09. The van der Waals surface area contributed by atoms with E-state index in [0.717, 1.165) is 47.2 Å². The molecular formula is C31H42N2O9S. The fourth-order valence-electron chi connectivity index (χ4n) is 4.89. The molecule has 0 radical (unpaired) electrons. The molecule has 43 heavy (non-hydrogen) atoms. The maximum Gasteiger partial charge on any atom is 0.348 e. The Balaban J connectivity index is 0.000000546. The molecule has 0 atom stereocenters. The van der Waals surface area contributed by atoms with E-state index in [0.29, 0.717) is 22.6 Å². The maximum absolute atomic E-state index is 13.6. The van der Waals surface area contributed by atoms with E-state index in [1.54, 1.807) is 13.8 Å². The van der Waals surface area contributed by atoms with Gasteiger partial charge in [-0.3, -0.25) is 9.36 Å². The molecule has 3 aromatic rings. The lowest BCUT2D eigenvalue weighted by atomic mass is 9.95. The van der Waals surface area contributed by atoms with Crippen molar-refractivity contribution in [2.75, 3.05) is 6.61 Å². The molecule has 0 spiro atoms. The Hall–Kier alpha value is -3.48. The second-order valence-corrected chi connectivity index (χ2v) is 12.4. The van der Waals surface area contributed by atoms with Crippen molar-refractivity contribution in [3.63, 3.8) is 0 Å². The monoisotopic (exact) mass is 618 g/mol. The van der Waals surface area contributed by atoms with Crippen LogP contribution in [0.5, 0.6) is 5.75 Å². The fourth-order valence-corrected chi connectivity index (χ4v) is 6.11. The van der Waals surface area contributed by atoms with Crippen molar-refractivity contribution in [2.24, 2.45) is 0 Å². The number of hydrogen-bond donors (Lipinski definition) is 3. The van der Waals surface area contributed by atoms with Gasteiger partial charge in [-0.05, 0) is 90.8 Å². The van der Waals surface area contributed by atoms with Crippen LogP contribution in [0.25, 0.3) is 10.2 Å². The molecule has 1 fully saturated rings. The minimum absolute atomic E-state index is 0.0454. The number of aryl methyl sites for hydroxylation is 3. The average Bonchev–Trinajstić information content (AvgIpc) is 3.28. The molecular weight excluding hydrogens is 576 g/mol. The summed E-state index contributed by atoms with van der Waals surface area (Å²) < 4.78 is 13.1.